The first-order valence-electron chi connectivity index (χ1n) is 4.88. The predicted octanol–water partition coefficient (Wildman–Crippen LogP) is 1.03. The van der Waals surface area contributed by atoms with Crippen molar-refractivity contribution in [2.75, 3.05) is 0 Å². The van der Waals surface area contributed by atoms with Gasteiger partial charge in [0.2, 0.25) is 0 Å². The zero-order chi connectivity index (χ0) is 10.6. The average Bonchev–Trinajstić information content (AvgIpc) is 2.41. The van der Waals surface area contributed by atoms with E-state index in [-0.39, 0.29) is 5.92 Å². The Morgan fingerprint density at radius 1 is 1.21 bits per heavy atom. The van der Waals surface area contributed by atoms with E-state index in [1.165, 1.54) is 0 Å². The minimum atomic E-state index is -0.905. The third-order valence-electron chi connectivity index (χ3n) is 3.28. The number of esters is 2. The number of fused-ring (bicyclic) bond motifs is 2. The molecule has 78 valence electrons. The minimum absolute atomic E-state index is 0.0323. The third-order valence-corrected chi connectivity index (χ3v) is 3.28. The maximum atomic E-state index is 11.6. The summed E-state index contributed by atoms with van der Waals surface area (Å²) in [6.45, 7) is 5.50. The van der Waals surface area contributed by atoms with Crippen molar-refractivity contribution >= 4 is 11.9 Å². The molecule has 2 atom stereocenters. The molecule has 0 unspecified atom stereocenters. The van der Waals surface area contributed by atoms with Gasteiger partial charge >= 0.3 is 11.9 Å². The fourth-order valence-corrected chi connectivity index (χ4v) is 2.14. The van der Waals surface area contributed by atoms with Crippen LogP contribution >= 0.6 is 0 Å². The molecule has 0 radical (unpaired) electrons. The van der Waals surface area contributed by atoms with E-state index >= 15 is 0 Å². The van der Waals surface area contributed by atoms with Crippen LogP contribution in [0, 0.1) is 5.92 Å². The van der Waals surface area contributed by atoms with Crippen LogP contribution in [-0.4, -0.2) is 23.1 Å². The summed E-state index contributed by atoms with van der Waals surface area (Å²) in [6, 6.07) is 0. The number of ether oxygens (including phenoxy) is 2. The Kier molecular flexibility index (Phi) is 1.77. The molecule has 14 heavy (non-hydrogen) atoms. The number of carbonyl (C=O) groups is 2. The Labute approximate surface area is 82.6 Å². The molecule has 0 aliphatic carbocycles. The molecule has 0 amide bonds. The highest BCUT2D eigenvalue weighted by atomic mass is 16.7. The van der Waals surface area contributed by atoms with Crippen LogP contribution in [0.25, 0.3) is 0 Å². The van der Waals surface area contributed by atoms with Crippen molar-refractivity contribution in [2.45, 2.75) is 44.8 Å². The Morgan fingerprint density at radius 3 is 2.43 bits per heavy atom. The van der Waals surface area contributed by atoms with Crippen LogP contribution in [0.4, 0.5) is 0 Å². The molecule has 2 fully saturated rings. The number of cyclic esters (lactones) is 2. The summed E-state index contributed by atoms with van der Waals surface area (Å²) in [5, 5.41) is 0. The highest BCUT2D eigenvalue weighted by molar-refractivity contribution is 5.98. The maximum Gasteiger partial charge on any atom is 0.346 e. The highest BCUT2D eigenvalue weighted by Crippen LogP contribution is 2.46. The first-order chi connectivity index (χ1) is 6.41. The van der Waals surface area contributed by atoms with Gasteiger partial charge in [-0.2, -0.15) is 0 Å². The van der Waals surface area contributed by atoms with E-state index < -0.39 is 23.1 Å². The number of rotatable bonds is 1. The molecule has 0 aromatic heterocycles. The molecule has 2 aliphatic rings. The van der Waals surface area contributed by atoms with Crippen molar-refractivity contribution in [2.24, 2.45) is 5.92 Å². The first kappa shape index (κ1) is 9.65. The maximum absolute atomic E-state index is 11.6. The Hall–Kier alpha value is -0.900. The smallest absolute Gasteiger partial charge is 0.346 e. The zero-order valence-corrected chi connectivity index (χ0v) is 8.62. The molecular formula is C10H14O4. The second-order valence-corrected chi connectivity index (χ2v) is 4.55. The number of hydrogen-bond donors (Lipinski definition) is 0. The van der Waals surface area contributed by atoms with Gasteiger partial charge in [0.25, 0.3) is 0 Å². The van der Waals surface area contributed by atoms with Gasteiger partial charge in [0, 0.05) is 0 Å². The van der Waals surface area contributed by atoms with E-state index in [2.05, 4.69) is 0 Å². The largest absolute Gasteiger partial charge is 0.389 e. The van der Waals surface area contributed by atoms with Gasteiger partial charge in [0.05, 0.1) is 0 Å². The van der Waals surface area contributed by atoms with Gasteiger partial charge in [-0.3, -0.25) is 0 Å². The van der Waals surface area contributed by atoms with Crippen LogP contribution in [0.3, 0.4) is 0 Å². The Balaban J connectivity index is 2.40. The Bertz CT molecular complexity index is 309. The van der Waals surface area contributed by atoms with Crippen molar-refractivity contribution in [3.63, 3.8) is 0 Å². The fourth-order valence-electron chi connectivity index (χ4n) is 2.14. The van der Waals surface area contributed by atoms with E-state index in [9.17, 15) is 9.59 Å². The lowest BCUT2D eigenvalue weighted by Gasteiger charge is -2.37. The van der Waals surface area contributed by atoms with Crippen LogP contribution < -0.4 is 0 Å². The number of carbonyl (C=O) groups excluding carboxylic acids is 2. The van der Waals surface area contributed by atoms with Crippen molar-refractivity contribution in [1.82, 2.24) is 0 Å². The highest BCUT2D eigenvalue weighted by Gasteiger charge is 2.62. The van der Waals surface area contributed by atoms with Crippen LogP contribution in [-0.2, 0) is 19.1 Å². The van der Waals surface area contributed by atoms with Gasteiger partial charge in [-0.15, -0.1) is 0 Å². The summed E-state index contributed by atoms with van der Waals surface area (Å²) in [6.07, 6.45) is 1.14. The molecule has 2 heterocycles. The molecule has 0 spiro atoms. The minimum Gasteiger partial charge on any atom is -0.389 e. The van der Waals surface area contributed by atoms with Crippen LogP contribution in [0.5, 0.6) is 0 Å². The SMILES string of the molecule is CC(C)[C@]12CC[C@](C)(O1)C(=O)OC2=O. The summed E-state index contributed by atoms with van der Waals surface area (Å²) < 4.78 is 10.4. The fraction of sp³-hybridized carbons (Fsp3) is 0.800. The van der Waals surface area contributed by atoms with Crippen molar-refractivity contribution in [3.05, 3.63) is 0 Å². The van der Waals surface area contributed by atoms with Gasteiger partial charge in [-0.25, -0.2) is 9.59 Å². The summed E-state index contributed by atoms with van der Waals surface area (Å²) in [7, 11) is 0. The predicted molar refractivity (Wildman–Crippen MR) is 47.4 cm³/mol. The summed E-state index contributed by atoms with van der Waals surface area (Å²) in [4.78, 5) is 23.0. The van der Waals surface area contributed by atoms with E-state index in [1.807, 2.05) is 13.8 Å². The van der Waals surface area contributed by atoms with Crippen molar-refractivity contribution < 1.29 is 19.1 Å². The molecule has 2 saturated heterocycles. The summed E-state index contributed by atoms with van der Waals surface area (Å²) in [5.41, 5.74) is -1.79. The second kappa shape index (κ2) is 2.57. The van der Waals surface area contributed by atoms with Crippen LogP contribution in [0.1, 0.15) is 33.6 Å². The van der Waals surface area contributed by atoms with Gasteiger partial charge in [0.15, 0.2) is 11.2 Å². The lowest BCUT2D eigenvalue weighted by atomic mass is 9.87. The first-order valence-corrected chi connectivity index (χ1v) is 4.88. The molecule has 0 N–H and O–H groups in total. The van der Waals surface area contributed by atoms with E-state index in [0.29, 0.717) is 12.8 Å². The molecule has 2 rings (SSSR count). The summed E-state index contributed by atoms with van der Waals surface area (Å²) in [5.74, 6) is -1.03. The lowest BCUT2D eigenvalue weighted by molar-refractivity contribution is -0.219. The van der Waals surface area contributed by atoms with Gasteiger partial charge < -0.3 is 9.47 Å². The van der Waals surface area contributed by atoms with Crippen molar-refractivity contribution in [3.8, 4) is 0 Å². The molecule has 0 saturated carbocycles. The monoisotopic (exact) mass is 198 g/mol. The van der Waals surface area contributed by atoms with Crippen molar-refractivity contribution in [1.29, 1.82) is 0 Å². The summed E-state index contributed by atoms with van der Waals surface area (Å²) >= 11 is 0. The topological polar surface area (TPSA) is 52.6 Å². The standard InChI is InChI=1S/C10H14O4/c1-6(2)10-5-4-9(3,14-10)7(11)13-8(10)12/h6H,4-5H2,1-3H3/t9-,10-/m0/s1. The molecule has 4 nitrogen and oxygen atoms in total. The zero-order valence-electron chi connectivity index (χ0n) is 8.62. The van der Waals surface area contributed by atoms with Gasteiger partial charge in [-0.1, -0.05) is 13.8 Å². The van der Waals surface area contributed by atoms with E-state index in [0.717, 1.165) is 0 Å². The molecule has 2 aliphatic heterocycles. The quantitative estimate of drug-likeness (QED) is 0.466. The number of hydrogen-bond acceptors (Lipinski definition) is 4. The molecule has 2 bridgehead atoms. The normalized spacial score (nSPS) is 41.7. The van der Waals surface area contributed by atoms with Crippen LogP contribution in [0.2, 0.25) is 0 Å². The van der Waals surface area contributed by atoms with Gasteiger partial charge in [0.1, 0.15) is 0 Å². The average molecular weight is 198 g/mol. The molecule has 4 heteroatoms. The van der Waals surface area contributed by atoms with E-state index in [1.54, 1.807) is 6.92 Å². The lowest BCUT2D eigenvalue weighted by Crippen LogP contribution is -2.55. The van der Waals surface area contributed by atoms with Gasteiger partial charge in [-0.05, 0) is 25.7 Å². The molecular weight excluding hydrogens is 184 g/mol. The molecule has 0 aromatic rings. The third kappa shape index (κ3) is 0.974. The second-order valence-electron chi connectivity index (χ2n) is 4.55. The van der Waals surface area contributed by atoms with Crippen LogP contribution in [0.15, 0.2) is 0 Å². The van der Waals surface area contributed by atoms with E-state index in [4.69, 9.17) is 9.47 Å². The molecule has 0 aromatic carbocycles. The Morgan fingerprint density at radius 2 is 1.86 bits per heavy atom.